The molecule has 26 heavy (non-hydrogen) atoms. The smallest absolute Gasteiger partial charge is 0.235 e. The van der Waals surface area contributed by atoms with Crippen LogP contribution in [0, 0.1) is 0 Å². The fourth-order valence-electron chi connectivity index (χ4n) is 2.65. The molecule has 128 valence electrons. The molecule has 0 bridgehead atoms. The van der Waals surface area contributed by atoms with Crippen LogP contribution < -0.4 is 5.32 Å². The first-order valence-electron chi connectivity index (χ1n) is 8.17. The minimum absolute atomic E-state index is 0.0940. The standard InChI is InChI=1S/C20H16N4OS/c25-17(14-26-18-11-4-6-12-21-18)23-20-19(15-8-2-1-3-9-15)22-16-10-5-7-13-24(16)20/h1-13H,14H2,(H,23,25). The third kappa shape index (κ3) is 3.45. The van der Waals surface area contributed by atoms with Crippen LogP contribution in [0.4, 0.5) is 5.82 Å². The van der Waals surface area contributed by atoms with Crippen molar-refractivity contribution in [3.8, 4) is 11.3 Å². The molecule has 0 saturated carbocycles. The van der Waals surface area contributed by atoms with Crippen molar-refractivity contribution in [2.24, 2.45) is 0 Å². The minimum atomic E-state index is -0.0940. The lowest BCUT2D eigenvalue weighted by molar-refractivity contribution is -0.113. The van der Waals surface area contributed by atoms with E-state index in [0.29, 0.717) is 5.82 Å². The van der Waals surface area contributed by atoms with Crippen LogP contribution in [0.25, 0.3) is 16.9 Å². The molecule has 0 atom stereocenters. The molecule has 4 rings (SSSR count). The zero-order valence-electron chi connectivity index (χ0n) is 13.9. The Hall–Kier alpha value is -3.12. The number of amides is 1. The molecule has 0 spiro atoms. The van der Waals surface area contributed by atoms with Gasteiger partial charge in [-0.2, -0.15) is 0 Å². The second-order valence-corrected chi connectivity index (χ2v) is 6.60. The van der Waals surface area contributed by atoms with Gasteiger partial charge in [0, 0.05) is 18.0 Å². The van der Waals surface area contributed by atoms with Gasteiger partial charge in [0.1, 0.15) is 17.2 Å². The zero-order valence-corrected chi connectivity index (χ0v) is 14.7. The van der Waals surface area contributed by atoms with Crippen molar-refractivity contribution in [1.82, 2.24) is 14.4 Å². The molecule has 0 unspecified atom stereocenters. The number of hydrogen-bond acceptors (Lipinski definition) is 4. The number of carbonyl (C=O) groups is 1. The molecular weight excluding hydrogens is 344 g/mol. The number of fused-ring (bicyclic) bond motifs is 1. The van der Waals surface area contributed by atoms with E-state index in [2.05, 4.69) is 15.3 Å². The van der Waals surface area contributed by atoms with E-state index in [9.17, 15) is 4.79 Å². The third-order valence-corrected chi connectivity index (χ3v) is 4.77. The predicted molar refractivity (Wildman–Crippen MR) is 104 cm³/mol. The summed E-state index contributed by atoms with van der Waals surface area (Å²) in [6, 6.07) is 21.3. The lowest BCUT2D eigenvalue weighted by Crippen LogP contribution is -2.16. The topological polar surface area (TPSA) is 59.3 Å². The van der Waals surface area contributed by atoms with Crippen LogP contribution in [0.15, 0.2) is 84.1 Å². The molecule has 3 aromatic heterocycles. The number of thioether (sulfide) groups is 1. The molecule has 3 heterocycles. The van der Waals surface area contributed by atoms with E-state index in [1.54, 1.807) is 6.20 Å². The second-order valence-electron chi connectivity index (χ2n) is 5.61. The van der Waals surface area contributed by atoms with Crippen molar-refractivity contribution in [1.29, 1.82) is 0 Å². The molecule has 0 radical (unpaired) electrons. The highest BCUT2D eigenvalue weighted by atomic mass is 32.2. The van der Waals surface area contributed by atoms with Gasteiger partial charge in [-0.15, -0.1) is 0 Å². The van der Waals surface area contributed by atoms with Crippen molar-refractivity contribution in [2.75, 3.05) is 11.1 Å². The van der Waals surface area contributed by atoms with E-state index in [1.165, 1.54) is 11.8 Å². The second kappa shape index (κ2) is 7.41. The fourth-order valence-corrected chi connectivity index (χ4v) is 3.31. The molecule has 1 N–H and O–H groups in total. The largest absolute Gasteiger partial charge is 0.309 e. The number of nitrogens with zero attached hydrogens (tertiary/aromatic N) is 3. The Labute approximate surface area is 155 Å². The number of carbonyl (C=O) groups excluding carboxylic acids is 1. The third-order valence-electron chi connectivity index (χ3n) is 3.82. The minimum Gasteiger partial charge on any atom is -0.309 e. The van der Waals surface area contributed by atoms with Gasteiger partial charge < -0.3 is 5.32 Å². The number of rotatable bonds is 5. The van der Waals surface area contributed by atoms with E-state index in [0.717, 1.165) is 21.9 Å². The molecule has 0 saturated heterocycles. The normalized spacial score (nSPS) is 10.8. The summed E-state index contributed by atoms with van der Waals surface area (Å²) in [5.74, 6) is 0.868. The monoisotopic (exact) mass is 360 g/mol. The SMILES string of the molecule is O=C(CSc1ccccn1)Nc1c(-c2ccccc2)nc2ccccn12. The molecule has 1 aromatic carbocycles. The summed E-state index contributed by atoms with van der Waals surface area (Å²) in [4.78, 5) is 21.4. The van der Waals surface area contributed by atoms with Crippen molar-refractivity contribution >= 4 is 29.1 Å². The van der Waals surface area contributed by atoms with E-state index in [-0.39, 0.29) is 11.7 Å². The number of anilines is 1. The number of nitrogens with one attached hydrogen (secondary N) is 1. The molecule has 1 amide bonds. The van der Waals surface area contributed by atoms with Crippen LogP contribution >= 0.6 is 11.8 Å². The number of pyridine rings is 2. The van der Waals surface area contributed by atoms with Crippen LogP contribution in [0.5, 0.6) is 0 Å². The van der Waals surface area contributed by atoms with E-state index in [4.69, 9.17) is 0 Å². The lowest BCUT2D eigenvalue weighted by atomic mass is 10.1. The quantitative estimate of drug-likeness (QED) is 0.544. The highest BCUT2D eigenvalue weighted by Gasteiger charge is 2.16. The summed E-state index contributed by atoms with van der Waals surface area (Å²) in [6.07, 6.45) is 3.62. The zero-order chi connectivity index (χ0) is 17.8. The fraction of sp³-hybridized carbons (Fsp3) is 0.0500. The highest BCUT2D eigenvalue weighted by molar-refractivity contribution is 7.99. The van der Waals surface area contributed by atoms with Gasteiger partial charge in [0.2, 0.25) is 5.91 Å². The van der Waals surface area contributed by atoms with Crippen LogP contribution in [-0.4, -0.2) is 26.0 Å². The number of hydrogen-bond donors (Lipinski definition) is 1. The summed E-state index contributed by atoms with van der Waals surface area (Å²) >= 11 is 1.40. The van der Waals surface area contributed by atoms with Gasteiger partial charge in [0.15, 0.2) is 0 Å². The molecule has 5 nitrogen and oxygen atoms in total. The van der Waals surface area contributed by atoms with Crippen LogP contribution in [-0.2, 0) is 4.79 Å². The maximum atomic E-state index is 12.5. The van der Waals surface area contributed by atoms with Gasteiger partial charge in [-0.05, 0) is 24.3 Å². The van der Waals surface area contributed by atoms with E-state index in [1.807, 2.05) is 77.3 Å². The van der Waals surface area contributed by atoms with Crippen molar-refractivity contribution in [3.63, 3.8) is 0 Å². The molecule has 0 aliphatic carbocycles. The predicted octanol–water partition coefficient (Wildman–Crippen LogP) is 4.13. The summed E-state index contributed by atoms with van der Waals surface area (Å²) in [5, 5.41) is 3.84. The first kappa shape index (κ1) is 16.4. The van der Waals surface area contributed by atoms with E-state index >= 15 is 0 Å². The Morgan fingerprint density at radius 1 is 1.00 bits per heavy atom. The Bertz CT molecular complexity index is 1030. The van der Waals surface area contributed by atoms with Gasteiger partial charge in [0.25, 0.3) is 0 Å². The average molecular weight is 360 g/mol. The van der Waals surface area contributed by atoms with Crippen molar-refractivity contribution < 1.29 is 4.79 Å². The summed E-state index contributed by atoms with van der Waals surface area (Å²) in [6.45, 7) is 0. The lowest BCUT2D eigenvalue weighted by Gasteiger charge is -2.07. The molecule has 6 heteroatoms. The molecule has 0 fully saturated rings. The van der Waals surface area contributed by atoms with Crippen molar-refractivity contribution in [2.45, 2.75) is 5.03 Å². The molecule has 4 aromatic rings. The average Bonchev–Trinajstić information content (AvgIpc) is 3.06. The molecular formula is C20H16N4OS. The van der Waals surface area contributed by atoms with Gasteiger partial charge in [-0.1, -0.05) is 54.2 Å². The summed E-state index contributed by atoms with van der Waals surface area (Å²) in [7, 11) is 0. The van der Waals surface area contributed by atoms with E-state index < -0.39 is 0 Å². The number of imidazole rings is 1. The van der Waals surface area contributed by atoms with Gasteiger partial charge in [-0.3, -0.25) is 9.20 Å². The maximum absolute atomic E-state index is 12.5. The van der Waals surface area contributed by atoms with Gasteiger partial charge >= 0.3 is 0 Å². The first-order chi connectivity index (χ1) is 12.8. The molecule has 0 aliphatic rings. The van der Waals surface area contributed by atoms with Crippen LogP contribution in [0.1, 0.15) is 0 Å². The Kier molecular flexibility index (Phi) is 4.66. The first-order valence-corrected chi connectivity index (χ1v) is 9.16. The Morgan fingerprint density at radius 2 is 1.81 bits per heavy atom. The number of aromatic nitrogens is 3. The highest BCUT2D eigenvalue weighted by Crippen LogP contribution is 2.28. The Morgan fingerprint density at radius 3 is 2.62 bits per heavy atom. The van der Waals surface area contributed by atoms with Crippen LogP contribution in [0.3, 0.4) is 0 Å². The summed E-state index contributed by atoms with van der Waals surface area (Å²) in [5.41, 5.74) is 2.51. The van der Waals surface area contributed by atoms with Gasteiger partial charge in [0.05, 0.1) is 10.8 Å². The van der Waals surface area contributed by atoms with Crippen LogP contribution in [0.2, 0.25) is 0 Å². The summed E-state index contributed by atoms with van der Waals surface area (Å²) < 4.78 is 1.89. The number of benzene rings is 1. The van der Waals surface area contributed by atoms with Crippen molar-refractivity contribution in [3.05, 3.63) is 79.1 Å². The molecule has 0 aliphatic heterocycles. The Balaban J connectivity index is 1.61. The van der Waals surface area contributed by atoms with Gasteiger partial charge in [-0.25, -0.2) is 9.97 Å². The maximum Gasteiger partial charge on any atom is 0.235 e.